The van der Waals surface area contributed by atoms with Crippen LogP contribution in [0.1, 0.15) is 36.6 Å². The second-order valence-electron chi connectivity index (χ2n) is 6.96. The monoisotopic (exact) mass is 337 g/mol. The van der Waals surface area contributed by atoms with E-state index in [1.54, 1.807) is 11.6 Å². The van der Waals surface area contributed by atoms with E-state index in [1.165, 1.54) is 36.7 Å². The number of rotatable bonds is 5. The predicted molar refractivity (Wildman–Crippen MR) is 96.7 cm³/mol. The van der Waals surface area contributed by atoms with Crippen LogP contribution in [-0.2, 0) is 23.2 Å². The Balaban J connectivity index is 1.63. The van der Waals surface area contributed by atoms with Crippen LogP contribution in [0.3, 0.4) is 0 Å². The molecule has 0 bridgehead atoms. The summed E-state index contributed by atoms with van der Waals surface area (Å²) in [4.78, 5) is 8.67. The first-order valence-corrected chi connectivity index (χ1v) is 8.70. The molecule has 3 aromatic rings. The molecule has 1 aliphatic rings. The lowest BCUT2D eigenvalue weighted by Crippen LogP contribution is -2.35. The SMILES string of the molecule is COCc1cc(NC[C@@]2(C)CCCc3ccccc32)n2ncnc2n1. The van der Waals surface area contributed by atoms with Crippen molar-refractivity contribution in [3.63, 3.8) is 0 Å². The lowest BCUT2D eigenvalue weighted by Gasteiger charge is -2.36. The van der Waals surface area contributed by atoms with Crippen molar-refractivity contribution < 1.29 is 4.74 Å². The van der Waals surface area contributed by atoms with Crippen LogP contribution in [0.5, 0.6) is 0 Å². The number of hydrogen-bond donors (Lipinski definition) is 1. The molecule has 4 rings (SSSR count). The smallest absolute Gasteiger partial charge is 0.254 e. The fraction of sp³-hybridized carbons (Fsp3) is 0.421. The maximum Gasteiger partial charge on any atom is 0.254 e. The van der Waals surface area contributed by atoms with Crippen LogP contribution in [0.4, 0.5) is 5.82 Å². The maximum absolute atomic E-state index is 5.22. The van der Waals surface area contributed by atoms with Crippen molar-refractivity contribution in [2.24, 2.45) is 0 Å². The van der Waals surface area contributed by atoms with E-state index >= 15 is 0 Å². The van der Waals surface area contributed by atoms with E-state index < -0.39 is 0 Å². The van der Waals surface area contributed by atoms with E-state index in [-0.39, 0.29) is 5.41 Å². The van der Waals surface area contributed by atoms with Crippen LogP contribution in [0, 0.1) is 0 Å². The van der Waals surface area contributed by atoms with Crippen LogP contribution in [0.2, 0.25) is 0 Å². The maximum atomic E-state index is 5.22. The zero-order chi connectivity index (χ0) is 17.3. The van der Waals surface area contributed by atoms with Crippen molar-refractivity contribution in [2.45, 2.75) is 38.2 Å². The Labute approximate surface area is 147 Å². The van der Waals surface area contributed by atoms with Gasteiger partial charge in [0.1, 0.15) is 12.1 Å². The highest BCUT2D eigenvalue weighted by atomic mass is 16.5. The number of benzene rings is 1. The third-order valence-electron chi connectivity index (χ3n) is 5.10. The average molecular weight is 337 g/mol. The summed E-state index contributed by atoms with van der Waals surface area (Å²) in [5.74, 6) is 1.49. The summed E-state index contributed by atoms with van der Waals surface area (Å²) in [6.45, 7) is 3.64. The largest absolute Gasteiger partial charge is 0.378 e. The van der Waals surface area contributed by atoms with Crippen molar-refractivity contribution in [1.29, 1.82) is 0 Å². The van der Waals surface area contributed by atoms with Crippen LogP contribution in [0.25, 0.3) is 5.78 Å². The second-order valence-corrected chi connectivity index (χ2v) is 6.96. The van der Waals surface area contributed by atoms with Crippen LogP contribution in [0.15, 0.2) is 36.7 Å². The summed E-state index contributed by atoms with van der Waals surface area (Å²) in [5.41, 5.74) is 3.88. The molecular formula is C19H23N5O. The molecule has 2 aromatic heterocycles. The summed E-state index contributed by atoms with van der Waals surface area (Å²) in [7, 11) is 1.67. The van der Waals surface area contributed by atoms with Crippen LogP contribution in [-0.4, -0.2) is 33.2 Å². The highest BCUT2D eigenvalue weighted by molar-refractivity contribution is 5.46. The number of anilines is 1. The first-order chi connectivity index (χ1) is 12.2. The van der Waals surface area contributed by atoms with Crippen molar-refractivity contribution in [3.8, 4) is 0 Å². The Kier molecular flexibility index (Phi) is 4.13. The zero-order valence-electron chi connectivity index (χ0n) is 14.7. The minimum Gasteiger partial charge on any atom is -0.378 e. The Hall–Kier alpha value is -2.47. The molecule has 1 atom stereocenters. The number of aryl methyl sites for hydroxylation is 1. The molecule has 1 N–H and O–H groups in total. The van der Waals surface area contributed by atoms with Gasteiger partial charge in [0.2, 0.25) is 0 Å². The van der Waals surface area contributed by atoms with Gasteiger partial charge in [-0.3, -0.25) is 0 Å². The van der Waals surface area contributed by atoms with Gasteiger partial charge in [-0.15, -0.1) is 0 Å². The molecule has 0 aliphatic heterocycles. The molecule has 6 heteroatoms. The van der Waals surface area contributed by atoms with Crippen molar-refractivity contribution >= 4 is 11.6 Å². The molecule has 0 radical (unpaired) electrons. The lowest BCUT2D eigenvalue weighted by molar-refractivity contribution is 0.181. The molecule has 1 aliphatic carbocycles. The topological polar surface area (TPSA) is 64.3 Å². The first-order valence-electron chi connectivity index (χ1n) is 8.70. The summed E-state index contributed by atoms with van der Waals surface area (Å²) in [5, 5.41) is 7.88. The third kappa shape index (κ3) is 2.98. The molecule has 0 saturated heterocycles. The molecule has 0 fully saturated rings. The lowest BCUT2D eigenvalue weighted by atomic mass is 9.71. The van der Waals surface area contributed by atoms with Crippen molar-refractivity contribution in [3.05, 3.63) is 53.5 Å². The quantitative estimate of drug-likeness (QED) is 0.775. The van der Waals surface area contributed by atoms with Gasteiger partial charge in [0.05, 0.1) is 12.3 Å². The number of fused-ring (bicyclic) bond motifs is 2. The molecule has 0 unspecified atom stereocenters. The van der Waals surface area contributed by atoms with Gasteiger partial charge in [-0.1, -0.05) is 31.2 Å². The predicted octanol–water partition coefficient (Wildman–Crippen LogP) is 2.98. The third-order valence-corrected chi connectivity index (χ3v) is 5.10. The number of ether oxygens (including phenoxy) is 1. The highest BCUT2D eigenvalue weighted by Gasteiger charge is 2.31. The Morgan fingerprint density at radius 1 is 1.32 bits per heavy atom. The van der Waals surface area contributed by atoms with Gasteiger partial charge in [-0.2, -0.15) is 14.6 Å². The van der Waals surface area contributed by atoms with E-state index in [1.807, 2.05) is 6.07 Å². The summed E-state index contributed by atoms with van der Waals surface area (Å²) >= 11 is 0. The van der Waals surface area contributed by atoms with Gasteiger partial charge in [0.25, 0.3) is 5.78 Å². The summed E-state index contributed by atoms with van der Waals surface area (Å²) in [6.07, 6.45) is 5.10. The number of aromatic nitrogens is 4. The first kappa shape index (κ1) is 16.0. The summed E-state index contributed by atoms with van der Waals surface area (Å²) in [6, 6.07) is 10.8. The molecule has 0 saturated carbocycles. The molecule has 6 nitrogen and oxygen atoms in total. The van der Waals surface area contributed by atoms with Crippen molar-refractivity contribution in [2.75, 3.05) is 19.0 Å². The van der Waals surface area contributed by atoms with Gasteiger partial charge in [0.15, 0.2) is 0 Å². The second kappa shape index (κ2) is 6.44. The Morgan fingerprint density at radius 2 is 2.20 bits per heavy atom. The minimum atomic E-state index is 0.104. The molecular weight excluding hydrogens is 314 g/mol. The van der Waals surface area contributed by atoms with Crippen LogP contribution >= 0.6 is 0 Å². The number of nitrogens with zero attached hydrogens (tertiary/aromatic N) is 4. The van der Waals surface area contributed by atoms with Gasteiger partial charge < -0.3 is 10.1 Å². The number of nitrogens with one attached hydrogen (secondary N) is 1. The van der Waals surface area contributed by atoms with E-state index in [2.05, 4.69) is 51.6 Å². The standard InChI is InChI=1S/C19H23N5O/c1-19(9-5-7-14-6-3-4-8-16(14)19)12-20-17-10-15(11-25-2)23-18-21-13-22-24(17)18/h3-4,6,8,10,13,20H,5,7,9,11-12H2,1-2H3/t19-/m1/s1. The average Bonchev–Trinajstić information content (AvgIpc) is 3.09. The fourth-order valence-electron chi connectivity index (χ4n) is 3.81. The van der Waals surface area contributed by atoms with E-state index in [0.29, 0.717) is 12.4 Å². The molecule has 130 valence electrons. The number of methoxy groups -OCH3 is 1. The van der Waals surface area contributed by atoms with Gasteiger partial charge in [0, 0.05) is 25.1 Å². The van der Waals surface area contributed by atoms with Crippen molar-refractivity contribution in [1.82, 2.24) is 19.6 Å². The molecule has 0 amide bonds. The van der Waals surface area contributed by atoms with E-state index in [4.69, 9.17) is 4.74 Å². The normalized spacial score (nSPS) is 19.8. The van der Waals surface area contributed by atoms with Gasteiger partial charge in [-0.25, -0.2) is 4.98 Å². The molecule has 1 aromatic carbocycles. The number of hydrogen-bond acceptors (Lipinski definition) is 5. The van der Waals surface area contributed by atoms with E-state index in [0.717, 1.165) is 18.1 Å². The van der Waals surface area contributed by atoms with E-state index in [9.17, 15) is 0 Å². The Morgan fingerprint density at radius 3 is 3.08 bits per heavy atom. The zero-order valence-corrected chi connectivity index (χ0v) is 14.7. The minimum absolute atomic E-state index is 0.104. The Bertz CT molecular complexity index is 890. The van der Waals surface area contributed by atoms with Crippen LogP contribution < -0.4 is 5.32 Å². The fourth-order valence-corrected chi connectivity index (χ4v) is 3.81. The van der Waals surface area contributed by atoms with Gasteiger partial charge in [-0.05, 0) is 30.4 Å². The molecule has 0 spiro atoms. The summed E-state index contributed by atoms with van der Waals surface area (Å²) < 4.78 is 6.97. The molecule has 2 heterocycles. The highest BCUT2D eigenvalue weighted by Crippen LogP contribution is 2.37. The molecule has 25 heavy (non-hydrogen) atoms. The van der Waals surface area contributed by atoms with Gasteiger partial charge >= 0.3 is 0 Å².